The van der Waals surface area contributed by atoms with Gasteiger partial charge in [0.2, 0.25) is 0 Å². The summed E-state index contributed by atoms with van der Waals surface area (Å²) in [7, 11) is 0. The number of hydrogen-bond acceptors (Lipinski definition) is 1. The van der Waals surface area contributed by atoms with Crippen LogP contribution in [-0.4, -0.2) is 6.36 Å². The van der Waals surface area contributed by atoms with E-state index in [2.05, 4.69) is 11.3 Å². The van der Waals surface area contributed by atoms with E-state index in [1.54, 1.807) is 6.08 Å². The lowest BCUT2D eigenvalue weighted by Gasteiger charge is -2.14. The smallest absolute Gasteiger partial charge is 0.406 e. The van der Waals surface area contributed by atoms with E-state index in [9.17, 15) is 13.2 Å². The summed E-state index contributed by atoms with van der Waals surface area (Å²) in [6, 6.07) is 4.68. The highest BCUT2D eigenvalue weighted by molar-refractivity contribution is 5.37. The minimum absolute atomic E-state index is 0.00270. The van der Waals surface area contributed by atoms with Crippen molar-refractivity contribution < 1.29 is 17.9 Å². The van der Waals surface area contributed by atoms with Crippen molar-refractivity contribution in [1.82, 2.24) is 0 Å². The molecule has 0 saturated heterocycles. The second-order valence-electron chi connectivity index (χ2n) is 3.84. The molecule has 0 radical (unpaired) electrons. The lowest BCUT2D eigenvalue weighted by atomic mass is 9.98. The Bertz CT molecular complexity index is 396. The van der Waals surface area contributed by atoms with E-state index >= 15 is 0 Å². The second kappa shape index (κ2) is 5.25. The molecule has 1 unspecified atom stereocenters. The fourth-order valence-electron chi connectivity index (χ4n) is 1.48. The number of aryl methyl sites for hydroxylation is 1. The van der Waals surface area contributed by atoms with Gasteiger partial charge in [-0.2, -0.15) is 0 Å². The first-order valence-corrected chi connectivity index (χ1v) is 5.38. The van der Waals surface area contributed by atoms with E-state index in [-0.39, 0.29) is 11.7 Å². The third-order valence-corrected chi connectivity index (χ3v) is 2.51. The minimum atomic E-state index is -4.65. The van der Waals surface area contributed by atoms with Crippen LogP contribution >= 0.6 is 0 Å². The molecule has 0 aliphatic rings. The van der Waals surface area contributed by atoms with Crippen LogP contribution in [0.5, 0.6) is 5.75 Å². The van der Waals surface area contributed by atoms with E-state index < -0.39 is 6.36 Å². The van der Waals surface area contributed by atoms with Crippen LogP contribution in [0.15, 0.2) is 30.9 Å². The summed E-state index contributed by atoms with van der Waals surface area (Å²) in [4.78, 5) is 0. The highest BCUT2D eigenvalue weighted by Crippen LogP contribution is 2.28. The third kappa shape index (κ3) is 4.13. The standard InChI is InChI=1S/C13H15F3O/c1-4-9(3)11-6-10(5-2)7-12(8-11)17-13(14,15)16/h4,6-9H,1,5H2,2-3H3. The van der Waals surface area contributed by atoms with Crippen molar-refractivity contribution in [3.8, 4) is 5.75 Å². The molecule has 0 heterocycles. The molecule has 0 spiro atoms. The zero-order valence-corrected chi connectivity index (χ0v) is 9.84. The predicted octanol–water partition coefficient (Wildman–Crippen LogP) is 4.44. The molecule has 0 aliphatic carbocycles. The molecular formula is C13H15F3O. The zero-order valence-electron chi connectivity index (χ0n) is 9.84. The van der Waals surface area contributed by atoms with Gasteiger partial charge in [-0.05, 0) is 35.6 Å². The molecule has 1 rings (SSSR count). The number of benzene rings is 1. The normalized spacial score (nSPS) is 13.2. The van der Waals surface area contributed by atoms with E-state index in [4.69, 9.17) is 0 Å². The monoisotopic (exact) mass is 244 g/mol. The second-order valence-corrected chi connectivity index (χ2v) is 3.84. The Morgan fingerprint density at radius 3 is 2.47 bits per heavy atom. The number of rotatable bonds is 4. The average Bonchev–Trinajstić information content (AvgIpc) is 2.25. The lowest BCUT2D eigenvalue weighted by Crippen LogP contribution is -2.17. The molecule has 0 saturated carbocycles. The van der Waals surface area contributed by atoms with E-state index in [0.717, 1.165) is 11.1 Å². The minimum Gasteiger partial charge on any atom is -0.406 e. The maximum Gasteiger partial charge on any atom is 0.573 e. The molecule has 0 fully saturated rings. The summed E-state index contributed by atoms with van der Waals surface area (Å²) in [6.45, 7) is 7.39. The lowest BCUT2D eigenvalue weighted by molar-refractivity contribution is -0.274. The van der Waals surface area contributed by atoms with Crippen molar-refractivity contribution in [3.63, 3.8) is 0 Å². The van der Waals surface area contributed by atoms with E-state index in [1.807, 2.05) is 19.9 Å². The molecule has 94 valence electrons. The largest absolute Gasteiger partial charge is 0.573 e. The van der Waals surface area contributed by atoms with Crippen molar-refractivity contribution >= 4 is 0 Å². The zero-order chi connectivity index (χ0) is 13.1. The SMILES string of the molecule is C=CC(C)c1cc(CC)cc(OC(F)(F)F)c1. The third-order valence-electron chi connectivity index (χ3n) is 2.51. The number of ether oxygens (including phenoxy) is 1. The van der Waals surface area contributed by atoms with Crippen molar-refractivity contribution in [2.45, 2.75) is 32.5 Å². The van der Waals surface area contributed by atoms with Gasteiger partial charge in [-0.15, -0.1) is 19.8 Å². The van der Waals surface area contributed by atoms with Gasteiger partial charge in [-0.25, -0.2) is 0 Å². The predicted molar refractivity (Wildman–Crippen MR) is 61.1 cm³/mol. The van der Waals surface area contributed by atoms with Gasteiger partial charge in [-0.1, -0.05) is 26.0 Å². The molecule has 4 heteroatoms. The summed E-state index contributed by atoms with van der Waals surface area (Å²) in [6.07, 6.45) is -2.31. The maximum atomic E-state index is 12.1. The van der Waals surface area contributed by atoms with Gasteiger partial charge in [0.1, 0.15) is 5.75 Å². The Balaban J connectivity index is 3.09. The number of alkyl halides is 3. The summed E-state index contributed by atoms with van der Waals surface area (Å²) in [5.74, 6) is -0.169. The van der Waals surface area contributed by atoms with Gasteiger partial charge in [0, 0.05) is 0 Å². The van der Waals surface area contributed by atoms with Gasteiger partial charge in [0.25, 0.3) is 0 Å². The maximum absolute atomic E-state index is 12.1. The van der Waals surface area contributed by atoms with Crippen molar-refractivity contribution in [2.75, 3.05) is 0 Å². The summed E-state index contributed by atoms with van der Waals surface area (Å²) >= 11 is 0. The quantitative estimate of drug-likeness (QED) is 0.711. The fraction of sp³-hybridized carbons (Fsp3) is 0.385. The molecule has 0 N–H and O–H groups in total. The Labute approximate surface area is 98.9 Å². The average molecular weight is 244 g/mol. The van der Waals surface area contributed by atoms with Crippen LogP contribution in [0.2, 0.25) is 0 Å². The van der Waals surface area contributed by atoms with Gasteiger partial charge in [-0.3, -0.25) is 0 Å². The van der Waals surface area contributed by atoms with E-state index in [0.29, 0.717) is 6.42 Å². The molecule has 1 aromatic rings. The number of hydrogen-bond donors (Lipinski definition) is 0. The van der Waals surface area contributed by atoms with Crippen molar-refractivity contribution in [2.24, 2.45) is 0 Å². The van der Waals surface area contributed by atoms with Crippen LogP contribution in [0.3, 0.4) is 0 Å². The van der Waals surface area contributed by atoms with Crippen molar-refractivity contribution in [1.29, 1.82) is 0 Å². The summed E-state index contributed by atoms with van der Waals surface area (Å²) < 4.78 is 40.4. The van der Waals surface area contributed by atoms with Crippen LogP contribution in [0.1, 0.15) is 30.9 Å². The van der Waals surface area contributed by atoms with E-state index in [1.165, 1.54) is 12.1 Å². The Kier molecular flexibility index (Phi) is 4.21. The van der Waals surface area contributed by atoms with Crippen LogP contribution in [0, 0.1) is 0 Å². The van der Waals surface area contributed by atoms with Crippen LogP contribution in [0.25, 0.3) is 0 Å². The molecule has 1 aromatic carbocycles. The summed E-state index contributed by atoms with van der Waals surface area (Å²) in [5, 5.41) is 0. The molecule has 1 nitrogen and oxygen atoms in total. The topological polar surface area (TPSA) is 9.23 Å². The van der Waals surface area contributed by atoms with Crippen LogP contribution in [-0.2, 0) is 6.42 Å². The number of allylic oxidation sites excluding steroid dienone is 1. The first-order valence-electron chi connectivity index (χ1n) is 5.38. The first kappa shape index (κ1) is 13.6. The molecule has 0 amide bonds. The van der Waals surface area contributed by atoms with Gasteiger partial charge in [0.15, 0.2) is 0 Å². The Morgan fingerprint density at radius 2 is 2.00 bits per heavy atom. The highest BCUT2D eigenvalue weighted by atomic mass is 19.4. The van der Waals surface area contributed by atoms with Crippen molar-refractivity contribution in [3.05, 3.63) is 42.0 Å². The Morgan fingerprint density at radius 1 is 1.35 bits per heavy atom. The Hall–Kier alpha value is -1.45. The molecule has 0 aromatic heterocycles. The number of halogens is 3. The summed E-state index contributed by atoms with van der Waals surface area (Å²) in [5.41, 5.74) is 1.59. The highest BCUT2D eigenvalue weighted by Gasteiger charge is 2.31. The molecule has 0 aliphatic heterocycles. The molecular weight excluding hydrogens is 229 g/mol. The molecule has 0 bridgehead atoms. The first-order chi connectivity index (χ1) is 7.85. The van der Waals surface area contributed by atoms with Gasteiger partial charge >= 0.3 is 6.36 Å². The van der Waals surface area contributed by atoms with Gasteiger partial charge < -0.3 is 4.74 Å². The molecule has 1 atom stereocenters. The van der Waals surface area contributed by atoms with Gasteiger partial charge in [0.05, 0.1) is 0 Å². The van der Waals surface area contributed by atoms with Crippen LogP contribution < -0.4 is 4.74 Å². The van der Waals surface area contributed by atoms with Crippen LogP contribution in [0.4, 0.5) is 13.2 Å². The fourth-order valence-corrected chi connectivity index (χ4v) is 1.48. The molecule has 17 heavy (non-hydrogen) atoms.